The maximum Gasteiger partial charge on any atom is 0.142 e. The highest BCUT2D eigenvalue weighted by Crippen LogP contribution is 2.31. The highest BCUT2D eigenvalue weighted by molar-refractivity contribution is 5.58. The van der Waals surface area contributed by atoms with E-state index >= 15 is 0 Å². The van der Waals surface area contributed by atoms with Crippen molar-refractivity contribution in [2.24, 2.45) is 0 Å². The fourth-order valence-electron chi connectivity index (χ4n) is 2.75. The van der Waals surface area contributed by atoms with Gasteiger partial charge >= 0.3 is 0 Å². The van der Waals surface area contributed by atoms with E-state index in [1.807, 2.05) is 48.5 Å². The second-order valence-electron chi connectivity index (χ2n) is 5.37. The van der Waals surface area contributed by atoms with E-state index in [9.17, 15) is 5.11 Å². The van der Waals surface area contributed by atoms with Gasteiger partial charge in [0.05, 0.1) is 18.4 Å². The maximum atomic E-state index is 10.3. The van der Waals surface area contributed by atoms with E-state index in [0.717, 1.165) is 49.5 Å². The fourth-order valence-corrected chi connectivity index (χ4v) is 2.75. The summed E-state index contributed by atoms with van der Waals surface area (Å²) in [7, 11) is 0. The lowest BCUT2D eigenvalue weighted by molar-refractivity contribution is 0.169. The van der Waals surface area contributed by atoms with Gasteiger partial charge in [-0.25, -0.2) is 0 Å². The molecule has 110 valence electrons. The monoisotopic (exact) mass is 283 g/mol. The Bertz CT molecular complexity index is 570. The Morgan fingerprint density at radius 2 is 1.81 bits per heavy atom. The standard InChI is InChI=1S/C18H21NO2/c20-17(15-7-2-1-3-8-15)11-13-19-12-6-14-21-18-10-5-4-9-16(18)19/h1-5,7-10,17,20H,6,11-14H2. The number of ether oxygens (including phenoxy) is 1. The molecule has 0 aromatic heterocycles. The van der Waals surface area contributed by atoms with Crippen LogP contribution >= 0.6 is 0 Å². The lowest BCUT2D eigenvalue weighted by Crippen LogP contribution is -2.26. The van der Waals surface area contributed by atoms with E-state index in [1.165, 1.54) is 0 Å². The second kappa shape index (κ2) is 6.64. The van der Waals surface area contributed by atoms with Gasteiger partial charge in [0.25, 0.3) is 0 Å². The molecule has 0 fully saturated rings. The average Bonchev–Trinajstić information content (AvgIpc) is 2.76. The van der Waals surface area contributed by atoms with Crippen molar-refractivity contribution in [3.8, 4) is 5.75 Å². The quantitative estimate of drug-likeness (QED) is 0.933. The van der Waals surface area contributed by atoms with E-state index in [0.29, 0.717) is 0 Å². The van der Waals surface area contributed by atoms with Gasteiger partial charge in [0.2, 0.25) is 0 Å². The Morgan fingerprint density at radius 1 is 1.05 bits per heavy atom. The number of hydrogen-bond acceptors (Lipinski definition) is 3. The number of anilines is 1. The molecule has 0 saturated heterocycles. The van der Waals surface area contributed by atoms with Gasteiger partial charge in [0.1, 0.15) is 5.75 Å². The second-order valence-corrected chi connectivity index (χ2v) is 5.37. The van der Waals surface area contributed by atoms with Crippen molar-refractivity contribution < 1.29 is 9.84 Å². The number of aliphatic hydroxyl groups excluding tert-OH is 1. The summed E-state index contributed by atoms with van der Waals surface area (Å²) in [6, 6.07) is 18.0. The summed E-state index contributed by atoms with van der Waals surface area (Å²) in [6.45, 7) is 2.56. The van der Waals surface area contributed by atoms with Gasteiger partial charge in [-0.1, -0.05) is 42.5 Å². The third-order valence-electron chi connectivity index (χ3n) is 3.89. The van der Waals surface area contributed by atoms with Crippen LogP contribution in [0.3, 0.4) is 0 Å². The molecule has 1 aliphatic heterocycles. The lowest BCUT2D eigenvalue weighted by atomic mass is 10.1. The van der Waals surface area contributed by atoms with Crippen LogP contribution in [0.1, 0.15) is 24.5 Å². The molecule has 0 radical (unpaired) electrons. The summed E-state index contributed by atoms with van der Waals surface area (Å²) in [5.74, 6) is 0.948. The number of aliphatic hydroxyl groups is 1. The topological polar surface area (TPSA) is 32.7 Å². The maximum absolute atomic E-state index is 10.3. The van der Waals surface area contributed by atoms with E-state index in [1.54, 1.807) is 0 Å². The van der Waals surface area contributed by atoms with Crippen LogP contribution in [0.5, 0.6) is 5.75 Å². The van der Waals surface area contributed by atoms with Crippen LogP contribution in [-0.4, -0.2) is 24.8 Å². The highest BCUT2D eigenvalue weighted by atomic mass is 16.5. The first-order chi connectivity index (χ1) is 10.3. The summed E-state index contributed by atoms with van der Waals surface area (Å²) >= 11 is 0. The van der Waals surface area contributed by atoms with Gasteiger partial charge in [-0.05, 0) is 30.5 Å². The predicted molar refractivity (Wildman–Crippen MR) is 84.8 cm³/mol. The number of rotatable bonds is 4. The molecular weight excluding hydrogens is 262 g/mol. The van der Waals surface area contributed by atoms with Crippen LogP contribution < -0.4 is 9.64 Å². The minimum atomic E-state index is -0.414. The van der Waals surface area contributed by atoms with Crippen molar-refractivity contribution in [2.45, 2.75) is 18.9 Å². The van der Waals surface area contributed by atoms with Crippen LogP contribution in [0.2, 0.25) is 0 Å². The molecule has 0 saturated carbocycles. The zero-order chi connectivity index (χ0) is 14.5. The number of para-hydroxylation sites is 2. The zero-order valence-corrected chi connectivity index (χ0v) is 12.1. The van der Waals surface area contributed by atoms with E-state index in [-0.39, 0.29) is 0 Å². The average molecular weight is 283 g/mol. The van der Waals surface area contributed by atoms with Crippen LogP contribution in [0.25, 0.3) is 0 Å². The molecule has 0 aliphatic carbocycles. The first kappa shape index (κ1) is 14.0. The van der Waals surface area contributed by atoms with Crippen molar-refractivity contribution >= 4 is 5.69 Å². The normalized spacial score (nSPS) is 15.8. The summed E-state index contributed by atoms with van der Waals surface area (Å²) in [4.78, 5) is 2.31. The van der Waals surface area contributed by atoms with E-state index in [4.69, 9.17) is 4.74 Å². The number of fused-ring (bicyclic) bond motifs is 1. The molecule has 3 nitrogen and oxygen atoms in total. The van der Waals surface area contributed by atoms with E-state index in [2.05, 4.69) is 11.0 Å². The summed E-state index contributed by atoms with van der Waals surface area (Å²) in [6.07, 6.45) is 1.32. The highest BCUT2D eigenvalue weighted by Gasteiger charge is 2.17. The number of hydrogen-bond donors (Lipinski definition) is 1. The van der Waals surface area contributed by atoms with Gasteiger partial charge in [-0.3, -0.25) is 0 Å². The Kier molecular flexibility index (Phi) is 4.41. The molecule has 1 unspecified atom stereocenters. The summed E-state index contributed by atoms with van der Waals surface area (Å²) < 4.78 is 5.77. The summed E-state index contributed by atoms with van der Waals surface area (Å²) in [5, 5.41) is 10.3. The molecule has 1 aliphatic rings. The molecule has 2 aromatic carbocycles. The molecule has 0 bridgehead atoms. The third-order valence-corrected chi connectivity index (χ3v) is 3.89. The van der Waals surface area contributed by atoms with Gasteiger partial charge < -0.3 is 14.7 Å². The molecule has 1 atom stereocenters. The Labute approximate surface area is 125 Å². The molecule has 2 aromatic rings. The SMILES string of the molecule is OC(CCN1CCCOc2ccccc21)c1ccccc1. The molecule has 1 N–H and O–H groups in total. The molecule has 0 amide bonds. The third kappa shape index (κ3) is 3.37. The molecule has 21 heavy (non-hydrogen) atoms. The number of nitrogens with zero attached hydrogens (tertiary/aromatic N) is 1. The molecule has 1 heterocycles. The van der Waals surface area contributed by atoms with Crippen molar-refractivity contribution in [2.75, 3.05) is 24.6 Å². The first-order valence-corrected chi connectivity index (χ1v) is 7.54. The van der Waals surface area contributed by atoms with Gasteiger partial charge in [0, 0.05) is 13.1 Å². The first-order valence-electron chi connectivity index (χ1n) is 7.54. The smallest absolute Gasteiger partial charge is 0.142 e. The summed E-state index contributed by atoms with van der Waals surface area (Å²) in [5.41, 5.74) is 2.12. The minimum Gasteiger partial charge on any atom is -0.491 e. The van der Waals surface area contributed by atoms with Gasteiger partial charge in [-0.2, -0.15) is 0 Å². The molecule has 3 heteroatoms. The van der Waals surface area contributed by atoms with Gasteiger partial charge in [0.15, 0.2) is 0 Å². The van der Waals surface area contributed by atoms with Crippen molar-refractivity contribution in [1.29, 1.82) is 0 Å². The van der Waals surface area contributed by atoms with E-state index < -0.39 is 6.10 Å². The number of benzene rings is 2. The lowest BCUT2D eigenvalue weighted by Gasteiger charge is -2.25. The van der Waals surface area contributed by atoms with Crippen molar-refractivity contribution in [1.82, 2.24) is 0 Å². The predicted octanol–water partition coefficient (Wildman–Crippen LogP) is 3.40. The van der Waals surface area contributed by atoms with Crippen LogP contribution in [0, 0.1) is 0 Å². The Hall–Kier alpha value is -2.00. The zero-order valence-electron chi connectivity index (χ0n) is 12.1. The largest absolute Gasteiger partial charge is 0.491 e. The van der Waals surface area contributed by atoms with Crippen LogP contribution in [0.15, 0.2) is 54.6 Å². The Balaban J connectivity index is 1.68. The van der Waals surface area contributed by atoms with Crippen LogP contribution in [0.4, 0.5) is 5.69 Å². The molecular formula is C18H21NO2. The van der Waals surface area contributed by atoms with Crippen molar-refractivity contribution in [3.05, 3.63) is 60.2 Å². The molecule has 0 spiro atoms. The fraction of sp³-hybridized carbons (Fsp3) is 0.333. The van der Waals surface area contributed by atoms with Crippen molar-refractivity contribution in [3.63, 3.8) is 0 Å². The van der Waals surface area contributed by atoms with Gasteiger partial charge in [-0.15, -0.1) is 0 Å². The van der Waals surface area contributed by atoms with Crippen LogP contribution in [-0.2, 0) is 0 Å². The molecule has 3 rings (SSSR count). The Morgan fingerprint density at radius 3 is 2.67 bits per heavy atom. The minimum absolute atomic E-state index is 0.414.